The van der Waals surface area contributed by atoms with Crippen molar-refractivity contribution in [1.29, 1.82) is 0 Å². The van der Waals surface area contributed by atoms with E-state index in [2.05, 4.69) is 155 Å². The fourth-order valence-electron chi connectivity index (χ4n) is 7.31. The van der Waals surface area contributed by atoms with E-state index in [1.54, 1.807) is 0 Å². The van der Waals surface area contributed by atoms with Crippen molar-refractivity contribution in [1.82, 2.24) is 0 Å². The molecule has 1 fully saturated rings. The van der Waals surface area contributed by atoms with Crippen molar-refractivity contribution in [2.24, 2.45) is 16.7 Å². The van der Waals surface area contributed by atoms with Crippen LogP contribution in [-0.4, -0.2) is 33.6 Å². The van der Waals surface area contributed by atoms with E-state index in [-0.39, 0.29) is 23.0 Å². The van der Waals surface area contributed by atoms with Crippen LogP contribution in [0.15, 0.2) is 119 Å². The molecule has 5 unspecified atom stereocenters. The Morgan fingerprint density at radius 1 is 0.750 bits per heavy atom. The van der Waals surface area contributed by atoms with Crippen molar-refractivity contribution in [2.75, 3.05) is 0 Å². The molecule has 1 saturated carbocycles. The highest BCUT2D eigenvalue weighted by molar-refractivity contribution is 5.41. The van der Waals surface area contributed by atoms with Gasteiger partial charge in [-0.1, -0.05) is 129 Å². The lowest BCUT2D eigenvalue weighted by molar-refractivity contribution is -0.100. The van der Waals surface area contributed by atoms with Gasteiger partial charge in [0.2, 0.25) is 0 Å². The van der Waals surface area contributed by atoms with Gasteiger partial charge in [0.05, 0.1) is 17.8 Å². The average Bonchev–Trinajstić information content (AvgIpc) is 3.17. The smallest absolute Gasteiger partial charge is 0.106 e. The molecule has 3 aliphatic rings. The van der Waals surface area contributed by atoms with Gasteiger partial charge in [0, 0.05) is 12.3 Å². The van der Waals surface area contributed by atoms with Gasteiger partial charge in [-0.3, -0.25) is 0 Å². The number of aliphatic hydroxyl groups excluding tert-OH is 2. The van der Waals surface area contributed by atoms with E-state index in [0.717, 1.165) is 18.4 Å². The van der Waals surface area contributed by atoms with Crippen LogP contribution in [-0.2, 0) is 4.74 Å². The predicted molar refractivity (Wildman–Crippen MR) is 188 cm³/mol. The van der Waals surface area contributed by atoms with Crippen LogP contribution in [0.4, 0.5) is 0 Å². The van der Waals surface area contributed by atoms with Crippen molar-refractivity contribution < 1.29 is 14.9 Å². The normalized spacial score (nSPS) is 33.5. The first-order valence-electron chi connectivity index (χ1n) is 16.3. The summed E-state index contributed by atoms with van der Waals surface area (Å²) in [6, 6.07) is 0. The molecule has 0 radical (unpaired) electrons. The zero-order chi connectivity index (χ0) is 32.9. The van der Waals surface area contributed by atoms with Gasteiger partial charge in [-0.05, 0) is 89.4 Å². The van der Waals surface area contributed by atoms with Gasteiger partial charge < -0.3 is 14.9 Å². The maximum atomic E-state index is 10.5. The van der Waals surface area contributed by atoms with Gasteiger partial charge >= 0.3 is 0 Å². The van der Waals surface area contributed by atoms with E-state index in [4.69, 9.17) is 4.74 Å². The van der Waals surface area contributed by atoms with Gasteiger partial charge in [-0.2, -0.15) is 0 Å². The summed E-state index contributed by atoms with van der Waals surface area (Å²) in [6.07, 6.45) is 31.4. The molecule has 0 bridgehead atoms. The largest absolute Gasteiger partial charge is 0.393 e. The molecule has 1 heterocycles. The molecule has 0 aromatic rings. The summed E-state index contributed by atoms with van der Waals surface area (Å²) < 4.78 is 6.65. The zero-order valence-electron chi connectivity index (χ0n) is 29.2. The lowest BCUT2D eigenvalue weighted by atomic mass is 9.65. The van der Waals surface area contributed by atoms with Crippen LogP contribution >= 0.6 is 0 Å². The number of ether oxygens (including phenoxy) is 1. The SMILES string of the molecule is CC(C=CC=C(C)C=CC1C(C)=CC(O)CC1(C)C)=CC=CC=C(C)C=CC=C(C)C1(C)C=C2C(C)(C)CC(O)CC2(C)O1. The third-order valence-electron chi connectivity index (χ3n) is 9.64. The minimum atomic E-state index is -0.472. The van der Waals surface area contributed by atoms with Crippen molar-refractivity contribution in [2.45, 2.75) is 119 Å². The second-order valence-corrected chi connectivity index (χ2v) is 15.1. The molecule has 44 heavy (non-hydrogen) atoms. The molecule has 3 nitrogen and oxygen atoms in total. The summed E-state index contributed by atoms with van der Waals surface area (Å²) in [5.41, 5.74) is 6.35. The highest BCUT2D eigenvalue weighted by Crippen LogP contribution is 2.54. The predicted octanol–water partition coefficient (Wildman–Crippen LogP) is 10.0. The first-order valence-corrected chi connectivity index (χ1v) is 16.3. The van der Waals surface area contributed by atoms with E-state index in [1.165, 1.54) is 27.9 Å². The topological polar surface area (TPSA) is 49.7 Å². The van der Waals surface area contributed by atoms with Crippen molar-refractivity contribution in [3.8, 4) is 0 Å². The van der Waals surface area contributed by atoms with Crippen LogP contribution in [0.5, 0.6) is 0 Å². The molecular weight excluding hydrogens is 540 g/mol. The second-order valence-electron chi connectivity index (χ2n) is 15.1. The average molecular weight is 599 g/mol. The van der Waals surface area contributed by atoms with Crippen LogP contribution in [0.2, 0.25) is 0 Å². The first kappa shape index (κ1) is 35.8. The van der Waals surface area contributed by atoms with Crippen LogP contribution in [0.3, 0.4) is 0 Å². The Morgan fingerprint density at radius 2 is 1.30 bits per heavy atom. The van der Waals surface area contributed by atoms with Crippen LogP contribution in [0.25, 0.3) is 0 Å². The Labute approximate surface area is 268 Å². The summed E-state index contributed by atoms with van der Waals surface area (Å²) in [5, 5.41) is 20.5. The first-order chi connectivity index (χ1) is 20.4. The van der Waals surface area contributed by atoms with Crippen LogP contribution in [0, 0.1) is 16.7 Å². The summed E-state index contributed by atoms with van der Waals surface area (Å²) in [6.45, 7) is 23.7. The van der Waals surface area contributed by atoms with Crippen molar-refractivity contribution in [3.63, 3.8) is 0 Å². The molecule has 0 aromatic carbocycles. The fraction of sp³-hybridized carbons (Fsp3) is 0.512. The van der Waals surface area contributed by atoms with Gasteiger partial charge in [0.25, 0.3) is 0 Å². The third kappa shape index (κ3) is 9.16. The van der Waals surface area contributed by atoms with E-state index >= 15 is 0 Å². The molecule has 0 spiro atoms. The standard InChI is InChI=1S/C41H58O3/c1-29(18-14-19-31(3)22-23-36-32(4)24-34(42)25-38(36,6)7)16-12-13-17-30(2)20-15-21-33(5)40(10)28-37-39(8,9)26-35(43)27-41(37,11)44-40/h12-24,28,34-36,42-43H,25-27H2,1-11H3. The maximum Gasteiger partial charge on any atom is 0.106 e. The van der Waals surface area contributed by atoms with Crippen molar-refractivity contribution >= 4 is 0 Å². The molecule has 3 heteroatoms. The second kappa shape index (κ2) is 14.1. The van der Waals surface area contributed by atoms with E-state index in [1.807, 2.05) is 6.08 Å². The van der Waals surface area contributed by atoms with Crippen LogP contribution < -0.4 is 0 Å². The van der Waals surface area contributed by atoms with Gasteiger partial charge in [0.15, 0.2) is 0 Å². The molecule has 0 aromatic heterocycles. The van der Waals surface area contributed by atoms with Crippen LogP contribution in [0.1, 0.15) is 95.4 Å². The van der Waals surface area contributed by atoms with E-state index < -0.39 is 11.2 Å². The minimum absolute atomic E-state index is 0.0522. The Bertz CT molecular complexity index is 1370. The van der Waals surface area contributed by atoms with Gasteiger partial charge in [-0.25, -0.2) is 0 Å². The third-order valence-corrected chi connectivity index (χ3v) is 9.64. The number of hydrogen-bond acceptors (Lipinski definition) is 3. The summed E-state index contributed by atoms with van der Waals surface area (Å²) >= 11 is 0. The summed E-state index contributed by atoms with van der Waals surface area (Å²) in [7, 11) is 0. The lowest BCUT2D eigenvalue weighted by Crippen LogP contribution is -2.46. The molecule has 0 amide bonds. The maximum absolute atomic E-state index is 10.5. The molecule has 3 rings (SSSR count). The quantitative estimate of drug-likeness (QED) is 0.205. The minimum Gasteiger partial charge on any atom is -0.393 e. The van der Waals surface area contributed by atoms with Gasteiger partial charge in [-0.15, -0.1) is 0 Å². The number of rotatable bonds is 9. The lowest BCUT2D eigenvalue weighted by Gasteiger charge is -2.45. The molecule has 0 saturated heterocycles. The summed E-state index contributed by atoms with van der Waals surface area (Å²) in [4.78, 5) is 0. The number of fused-ring (bicyclic) bond motifs is 1. The number of allylic oxidation sites excluding steroid dienone is 16. The number of aliphatic hydroxyl groups is 2. The molecule has 1 aliphatic heterocycles. The number of hydrogen-bond donors (Lipinski definition) is 2. The molecule has 5 atom stereocenters. The fourth-order valence-corrected chi connectivity index (χ4v) is 7.31. The zero-order valence-corrected chi connectivity index (χ0v) is 29.2. The monoisotopic (exact) mass is 598 g/mol. The van der Waals surface area contributed by atoms with Gasteiger partial charge in [0.1, 0.15) is 5.60 Å². The highest BCUT2D eigenvalue weighted by atomic mass is 16.5. The van der Waals surface area contributed by atoms with E-state index in [0.29, 0.717) is 12.3 Å². The Balaban J connectivity index is 1.55. The van der Waals surface area contributed by atoms with Crippen molar-refractivity contribution in [3.05, 3.63) is 119 Å². The molecule has 2 N–H and O–H groups in total. The Morgan fingerprint density at radius 3 is 1.89 bits per heavy atom. The summed E-state index contributed by atoms with van der Waals surface area (Å²) in [5.74, 6) is 0.343. The highest BCUT2D eigenvalue weighted by Gasteiger charge is 2.54. The molecule has 240 valence electrons. The molecule has 2 aliphatic carbocycles. The Hall–Kier alpha value is -2.72. The molecular formula is C41H58O3. The Kier molecular flexibility index (Phi) is 11.5. The van der Waals surface area contributed by atoms with E-state index in [9.17, 15) is 10.2 Å².